The van der Waals surface area contributed by atoms with Gasteiger partial charge in [0.2, 0.25) is 0 Å². The van der Waals surface area contributed by atoms with Crippen LogP contribution >= 0.6 is 11.3 Å². The van der Waals surface area contributed by atoms with E-state index < -0.39 is 6.85 Å². The van der Waals surface area contributed by atoms with Crippen molar-refractivity contribution in [2.45, 2.75) is 162 Å². The lowest BCUT2D eigenvalue weighted by atomic mass is 9.33. The number of anilines is 9. The first-order valence-electron chi connectivity index (χ1n) is 30.2. The van der Waals surface area contributed by atoms with Gasteiger partial charge in [-0.3, -0.25) is 0 Å². The minimum atomic E-state index is -2.41. The first kappa shape index (κ1) is 47.4. The standard InChI is InChI=1S/C73H78BN3S/c1-45-39-63-66-64(40-45)77(60-21-18-20-53-52-19-16-17-22-65(52)78-67(53)60)61-42-51(75(48-27-23-46(24-28-48)68(2,3)4)49-29-25-47(26-30-49)69(5,6)7)32-34-58(61)74(66)59-43-56-57(73(14,15)38-37-72(56,12)13)44-62(59)76(63)50-31-33-54-55(41-50)71(10,11)36-35-70(54,8)9/h16-34,39-44H,35-38H2,1-15H3/i1D3. The molecule has 3 heterocycles. The van der Waals surface area contributed by atoms with Crippen LogP contribution in [0.25, 0.3) is 20.2 Å². The lowest BCUT2D eigenvalue weighted by Gasteiger charge is -2.48. The van der Waals surface area contributed by atoms with E-state index in [0.717, 1.165) is 82.3 Å². The molecule has 0 saturated heterocycles. The van der Waals surface area contributed by atoms with Crippen molar-refractivity contribution in [3.05, 3.63) is 191 Å². The van der Waals surface area contributed by atoms with Gasteiger partial charge in [-0.25, -0.2) is 0 Å². The van der Waals surface area contributed by atoms with Gasteiger partial charge < -0.3 is 14.7 Å². The van der Waals surface area contributed by atoms with Gasteiger partial charge in [0.1, 0.15) is 0 Å². The molecule has 0 atom stereocenters. The molecule has 78 heavy (non-hydrogen) atoms. The summed E-state index contributed by atoms with van der Waals surface area (Å²) >= 11 is 1.82. The van der Waals surface area contributed by atoms with E-state index in [1.165, 1.54) is 64.5 Å². The van der Waals surface area contributed by atoms with Crippen LogP contribution < -0.4 is 31.1 Å². The molecule has 5 heteroatoms. The fourth-order valence-corrected chi connectivity index (χ4v) is 15.2. The second-order valence-corrected chi connectivity index (χ2v) is 29.2. The summed E-state index contributed by atoms with van der Waals surface area (Å²) in [5.74, 6) is 0. The van der Waals surface area contributed by atoms with Crippen LogP contribution in [0.1, 0.15) is 166 Å². The minimum Gasteiger partial charge on any atom is -0.311 e. The summed E-state index contributed by atoms with van der Waals surface area (Å²) in [7, 11) is 0. The summed E-state index contributed by atoms with van der Waals surface area (Å²) in [6.07, 6.45) is 4.39. The van der Waals surface area contributed by atoms with E-state index in [-0.39, 0.29) is 39.2 Å². The van der Waals surface area contributed by atoms with Crippen molar-refractivity contribution in [2.24, 2.45) is 0 Å². The molecule has 1 aromatic heterocycles. The summed E-state index contributed by atoms with van der Waals surface area (Å²) in [5.41, 5.74) is 21.2. The van der Waals surface area contributed by atoms with Gasteiger partial charge in [-0.05, 0) is 199 Å². The number of aryl methyl sites for hydroxylation is 1. The average molecular weight is 1040 g/mol. The smallest absolute Gasteiger partial charge is 0.252 e. The van der Waals surface area contributed by atoms with Crippen molar-refractivity contribution in [3.8, 4) is 0 Å². The molecule has 0 radical (unpaired) electrons. The number of benzene rings is 8. The summed E-state index contributed by atoms with van der Waals surface area (Å²) < 4.78 is 30.5. The highest BCUT2D eigenvalue weighted by Crippen LogP contribution is 2.54. The zero-order chi connectivity index (χ0) is 57.3. The Balaban J connectivity index is 1.15. The fourth-order valence-electron chi connectivity index (χ4n) is 14.0. The highest BCUT2D eigenvalue weighted by molar-refractivity contribution is 7.26. The van der Waals surface area contributed by atoms with Gasteiger partial charge >= 0.3 is 0 Å². The SMILES string of the molecule is [2H]C([2H])([2H])c1cc2c3c(c1)N(c1cccc4c1sc1ccccc14)c1cc(N(c4ccc(C(C)(C)C)cc4)c4ccc(C(C)(C)C)cc4)ccc1B3c1cc3c(cc1N2c1ccc2c(c1)C(C)(C)CCC2(C)C)C(C)(C)CCC3(C)C. The number of nitrogens with zero attached hydrogens (tertiary/aromatic N) is 3. The molecule has 2 aliphatic heterocycles. The lowest BCUT2D eigenvalue weighted by Crippen LogP contribution is -2.62. The fraction of sp³-hybridized carbons (Fsp3) is 0.342. The second kappa shape index (κ2) is 17.2. The predicted octanol–water partition coefficient (Wildman–Crippen LogP) is 19.2. The van der Waals surface area contributed by atoms with E-state index >= 15 is 0 Å². The molecule has 9 aromatic rings. The Kier molecular flexibility index (Phi) is 10.5. The Labute approximate surface area is 474 Å². The minimum absolute atomic E-state index is 0.0129. The third-order valence-corrected chi connectivity index (χ3v) is 20.2. The first-order chi connectivity index (χ1) is 38.0. The Morgan fingerprint density at radius 3 is 1.59 bits per heavy atom. The highest BCUT2D eigenvalue weighted by Gasteiger charge is 2.48. The van der Waals surface area contributed by atoms with E-state index in [2.05, 4.69) is 251 Å². The Bertz CT molecular complexity index is 3980. The van der Waals surface area contributed by atoms with Crippen molar-refractivity contribution in [1.82, 2.24) is 0 Å². The van der Waals surface area contributed by atoms with E-state index in [9.17, 15) is 4.11 Å². The molecular weight excluding hydrogens is 962 g/mol. The lowest BCUT2D eigenvalue weighted by molar-refractivity contribution is 0.332. The van der Waals surface area contributed by atoms with Gasteiger partial charge in [0, 0.05) is 65.1 Å². The Morgan fingerprint density at radius 1 is 0.462 bits per heavy atom. The highest BCUT2D eigenvalue weighted by atomic mass is 32.1. The number of rotatable bonds is 5. The quantitative estimate of drug-likeness (QED) is 0.159. The van der Waals surface area contributed by atoms with Gasteiger partial charge in [-0.2, -0.15) is 0 Å². The molecule has 0 fully saturated rings. The molecule has 394 valence electrons. The van der Waals surface area contributed by atoms with Crippen LogP contribution in [0, 0.1) is 6.85 Å². The van der Waals surface area contributed by atoms with Gasteiger partial charge in [-0.15, -0.1) is 11.3 Å². The van der Waals surface area contributed by atoms with Crippen LogP contribution in [0.3, 0.4) is 0 Å². The molecular formula is C73H78BN3S. The molecule has 0 unspecified atom stereocenters. The number of fused-ring (bicyclic) bond motifs is 9. The van der Waals surface area contributed by atoms with E-state index in [1.54, 1.807) is 0 Å². The molecule has 0 bridgehead atoms. The average Bonchev–Trinajstić information content (AvgIpc) is 3.84. The van der Waals surface area contributed by atoms with Crippen molar-refractivity contribution in [3.63, 3.8) is 0 Å². The molecule has 8 aromatic carbocycles. The van der Waals surface area contributed by atoms with Crippen LogP contribution in [0.2, 0.25) is 0 Å². The summed E-state index contributed by atoms with van der Waals surface area (Å²) in [4.78, 5) is 7.35. The molecule has 0 amide bonds. The number of hydrogen-bond acceptors (Lipinski definition) is 4. The van der Waals surface area contributed by atoms with Gasteiger partial charge in [0.05, 0.1) is 10.4 Å². The molecule has 13 rings (SSSR count). The van der Waals surface area contributed by atoms with Gasteiger partial charge in [0.25, 0.3) is 6.71 Å². The summed E-state index contributed by atoms with van der Waals surface area (Å²) in [6, 6.07) is 57.3. The van der Waals surface area contributed by atoms with Crippen LogP contribution in [-0.4, -0.2) is 6.71 Å². The predicted molar refractivity (Wildman–Crippen MR) is 341 cm³/mol. The maximum Gasteiger partial charge on any atom is 0.252 e. The molecule has 0 saturated carbocycles. The van der Waals surface area contributed by atoms with Crippen LogP contribution in [0.5, 0.6) is 0 Å². The van der Waals surface area contributed by atoms with E-state index in [0.29, 0.717) is 5.56 Å². The van der Waals surface area contributed by atoms with Crippen LogP contribution in [0.4, 0.5) is 51.2 Å². The number of thiophene rings is 1. The largest absolute Gasteiger partial charge is 0.311 e. The van der Waals surface area contributed by atoms with E-state index in [1.807, 2.05) is 23.5 Å². The van der Waals surface area contributed by atoms with Crippen molar-refractivity contribution in [2.75, 3.05) is 14.7 Å². The monoisotopic (exact) mass is 1040 g/mol. The van der Waals surface area contributed by atoms with Gasteiger partial charge in [0.15, 0.2) is 0 Å². The van der Waals surface area contributed by atoms with E-state index in [4.69, 9.17) is 0 Å². The topological polar surface area (TPSA) is 9.72 Å². The second-order valence-electron chi connectivity index (χ2n) is 28.2. The zero-order valence-corrected chi connectivity index (χ0v) is 49.4. The first-order valence-corrected chi connectivity index (χ1v) is 29.5. The van der Waals surface area contributed by atoms with Crippen LogP contribution in [-0.2, 0) is 32.5 Å². The zero-order valence-electron chi connectivity index (χ0n) is 51.6. The van der Waals surface area contributed by atoms with Crippen molar-refractivity contribution in [1.29, 1.82) is 0 Å². The number of hydrogen-bond donors (Lipinski definition) is 0. The van der Waals surface area contributed by atoms with Crippen LogP contribution in [0.15, 0.2) is 152 Å². The van der Waals surface area contributed by atoms with Crippen molar-refractivity contribution >= 4 is 106 Å². The normalized spacial score (nSPS) is 18.3. The molecule has 0 N–H and O–H groups in total. The Hall–Kier alpha value is -6.56. The third-order valence-electron chi connectivity index (χ3n) is 19.0. The molecule has 2 aliphatic carbocycles. The Morgan fingerprint density at radius 2 is 0.987 bits per heavy atom. The summed E-state index contributed by atoms with van der Waals surface area (Å²) in [5, 5.41) is 2.41. The molecule has 0 spiro atoms. The molecule has 3 nitrogen and oxygen atoms in total. The third kappa shape index (κ3) is 7.94. The molecule has 4 aliphatic rings. The maximum absolute atomic E-state index is 9.39. The van der Waals surface area contributed by atoms with Crippen molar-refractivity contribution < 1.29 is 4.11 Å². The maximum atomic E-state index is 9.39. The summed E-state index contributed by atoms with van der Waals surface area (Å²) in [6.45, 7) is 30.3. The van der Waals surface area contributed by atoms with Gasteiger partial charge in [-0.1, -0.05) is 170 Å².